The molecule has 1 heterocycles. The first-order valence-electron chi connectivity index (χ1n) is 6.51. The number of carbonyl (C=O) groups is 1. The quantitative estimate of drug-likeness (QED) is 0.882. The number of nitrogens with zero attached hydrogens (tertiary/aromatic N) is 2. The van der Waals surface area contributed by atoms with Gasteiger partial charge in [0, 0.05) is 11.7 Å². The summed E-state index contributed by atoms with van der Waals surface area (Å²) in [7, 11) is 0. The normalized spacial score (nSPS) is 15.2. The van der Waals surface area contributed by atoms with Gasteiger partial charge >= 0.3 is 0 Å². The molecule has 1 aliphatic carbocycles. The third kappa shape index (κ3) is 3.02. The van der Waals surface area contributed by atoms with Crippen molar-refractivity contribution in [3.05, 3.63) is 33.7 Å². The molecule has 0 aromatic carbocycles. The lowest BCUT2D eigenvalue weighted by atomic mass is 10.2. The fourth-order valence-electron chi connectivity index (χ4n) is 2.44. The number of nitrogens with one attached hydrogen (secondary N) is 1. The van der Waals surface area contributed by atoms with E-state index in [-0.39, 0.29) is 24.1 Å². The van der Waals surface area contributed by atoms with Gasteiger partial charge in [-0.25, -0.2) is 0 Å². The van der Waals surface area contributed by atoms with Crippen molar-refractivity contribution in [2.45, 2.75) is 45.2 Å². The molecule has 1 aliphatic rings. The lowest BCUT2D eigenvalue weighted by molar-refractivity contribution is -0.122. The lowest BCUT2D eigenvalue weighted by Crippen LogP contribution is -2.38. The molecule has 19 heavy (non-hydrogen) atoms. The number of carbonyl (C=O) groups excluding carboxylic acids is 1. The highest BCUT2D eigenvalue weighted by molar-refractivity contribution is 5.76. The molecule has 100 valence electrons. The van der Waals surface area contributed by atoms with Crippen LogP contribution in [0.25, 0.3) is 0 Å². The topological polar surface area (TPSA) is 74.9 Å². The highest BCUT2D eigenvalue weighted by atomic mass is 16.2. The van der Waals surface area contributed by atoms with Crippen LogP contribution in [0.15, 0.2) is 16.9 Å². The van der Waals surface area contributed by atoms with Gasteiger partial charge in [0.05, 0.1) is 0 Å². The zero-order valence-corrected chi connectivity index (χ0v) is 11.0. The maximum atomic E-state index is 12.0. The molecule has 2 rings (SSSR count). The van der Waals surface area contributed by atoms with Crippen molar-refractivity contribution in [1.82, 2.24) is 9.88 Å². The summed E-state index contributed by atoms with van der Waals surface area (Å²) < 4.78 is 1.35. The fourth-order valence-corrected chi connectivity index (χ4v) is 2.44. The number of amides is 1. The fraction of sp³-hybridized carbons (Fsp3) is 0.500. The SMILES string of the molecule is Cc1ccc(C#N)c(=O)n1CC(=O)NC1CCCC1. The van der Waals surface area contributed by atoms with Crippen LogP contribution in [0.2, 0.25) is 0 Å². The molecule has 1 aromatic rings. The van der Waals surface area contributed by atoms with Crippen molar-refractivity contribution in [2.75, 3.05) is 0 Å². The van der Waals surface area contributed by atoms with E-state index in [1.165, 1.54) is 10.6 Å². The minimum absolute atomic E-state index is 0.0172. The number of aromatic nitrogens is 1. The standard InChI is InChI=1S/C14H17N3O2/c1-10-6-7-11(8-15)14(19)17(10)9-13(18)16-12-4-2-3-5-12/h6-7,12H,2-5,9H2,1H3,(H,16,18). The summed E-state index contributed by atoms with van der Waals surface area (Å²) in [5, 5.41) is 11.8. The molecular weight excluding hydrogens is 242 g/mol. The van der Waals surface area contributed by atoms with E-state index in [9.17, 15) is 9.59 Å². The van der Waals surface area contributed by atoms with Gasteiger partial charge in [-0.1, -0.05) is 12.8 Å². The first-order valence-corrected chi connectivity index (χ1v) is 6.51. The molecule has 0 radical (unpaired) electrons. The molecule has 1 N–H and O–H groups in total. The molecule has 0 aliphatic heterocycles. The molecule has 5 heteroatoms. The minimum atomic E-state index is -0.399. The van der Waals surface area contributed by atoms with E-state index < -0.39 is 5.56 Å². The van der Waals surface area contributed by atoms with Crippen molar-refractivity contribution in [2.24, 2.45) is 0 Å². The van der Waals surface area contributed by atoms with Crippen LogP contribution < -0.4 is 10.9 Å². The van der Waals surface area contributed by atoms with Gasteiger partial charge in [-0.15, -0.1) is 0 Å². The highest BCUT2D eigenvalue weighted by Gasteiger charge is 2.18. The maximum absolute atomic E-state index is 12.0. The first kappa shape index (κ1) is 13.3. The molecule has 1 saturated carbocycles. The number of hydrogen-bond acceptors (Lipinski definition) is 3. The van der Waals surface area contributed by atoms with Gasteiger partial charge in [-0.2, -0.15) is 5.26 Å². The smallest absolute Gasteiger partial charge is 0.269 e. The van der Waals surface area contributed by atoms with Gasteiger partial charge in [-0.3, -0.25) is 9.59 Å². The zero-order chi connectivity index (χ0) is 13.8. The van der Waals surface area contributed by atoms with E-state index >= 15 is 0 Å². The van der Waals surface area contributed by atoms with Crippen molar-refractivity contribution in [1.29, 1.82) is 5.26 Å². The minimum Gasteiger partial charge on any atom is -0.352 e. The molecule has 0 bridgehead atoms. The van der Waals surface area contributed by atoms with Crippen LogP contribution in [0.5, 0.6) is 0 Å². The Balaban J connectivity index is 2.12. The van der Waals surface area contributed by atoms with E-state index in [4.69, 9.17) is 5.26 Å². The Hall–Kier alpha value is -2.09. The molecular formula is C14H17N3O2. The predicted molar refractivity (Wildman–Crippen MR) is 70.6 cm³/mol. The molecule has 0 atom stereocenters. The van der Waals surface area contributed by atoms with Gasteiger partial charge in [0.1, 0.15) is 18.2 Å². The third-order valence-corrected chi connectivity index (χ3v) is 3.53. The average molecular weight is 259 g/mol. The molecule has 0 saturated heterocycles. The largest absolute Gasteiger partial charge is 0.352 e. The second-order valence-electron chi connectivity index (χ2n) is 4.94. The predicted octanol–water partition coefficient (Wildman–Crippen LogP) is 1.09. The van der Waals surface area contributed by atoms with Gasteiger partial charge in [0.15, 0.2) is 0 Å². The number of aryl methyl sites for hydroxylation is 1. The maximum Gasteiger partial charge on any atom is 0.269 e. The van der Waals surface area contributed by atoms with Crippen LogP contribution in [-0.4, -0.2) is 16.5 Å². The Morgan fingerprint density at radius 3 is 2.79 bits per heavy atom. The van der Waals surface area contributed by atoms with Crippen molar-refractivity contribution in [3.8, 4) is 6.07 Å². The average Bonchev–Trinajstić information content (AvgIpc) is 2.87. The van der Waals surface area contributed by atoms with Crippen molar-refractivity contribution < 1.29 is 4.79 Å². The van der Waals surface area contributed by atoms with Crippen LogP contribution in [-0.2, 0) is 11.3 Å². The summed E-state index contributed by atoms with van der Waals surface area (Å²) in [5.74, 6) is -0.160. The van der Waals surface area contributed by atoms with Gasteiger partial charge in [0.25, 0.3) is 5.56 Å². The van der Waals surface area contributed by atoms with E-state index in [1.807, 2.05) is 6.07 Å². The third-order valence-electron chi connectivity index (χ3n) is 3.53. The van der Waals surface area contributed by atoms with Crippen LogP contribution in [0.1, 0.15) is 36.9 Å². The van der Waals surface area contributed by atoms with Crippen LogP contribution in [0.4, 0.5) is 0 Å². The van der Waals surface area contributed by atoms with Gasteiger partial charge < -0.3 is 9.88 Å². The Morgan fingerprint density at radius 1 is 1.47 bits per heavy atom. The van der Waals surface area contributed by atoms with Gasteiger partial charge in [-0.05, 0) is 31.9 Å². The summed E-state index contributed by atoms with van der Waals surface area (Å²) in [5.41, 5.74) is 0.355. The van der Waals surface area contributed by atoms with E-state index in [0.717, 1.165) is 25.7 Å². The molecule has 1 amide bonds. The number of nitriles is 1. The second-order valence-corrected chi connectivity index (χ2v) is 4.94. The molecule has 0 unspecified atom stereocenters. The Labute approximate surface area is 111 Å². The number of hydrogen-bond donors (Lipinski definition) is 1. The van der Waals surface area contributed by atoms with Gasteiger partial charge in [0.2, 0.25) is 5.91 Å². The lowest BCUT2D eigenvalue weighted by Gasteiger charge is -2.14. The molecule has 1 fully saturated rings. The summed E-state index contributed by atoms with van der Waals surface area (Å²) in [4.78, 5) is 23.9. The van der Waals surface area contributed by atoms with Crippen LogP contribution in [0, 0.1) is 18.3 Å². The summed E-state index contributed by atoms with van der Waals surface area (Å²) in [6, 6.07) is 5.26. The number of pyridine rings is 1. The first-order chi connectivity index (χ1) is 9.11. The zero-order valence-electron chi connectivity index (χ0n) is 11.0. The molecule has 5 nitrogen and oxygen atoms in total. The summed E-state index contributed by atoms with van der Waals surface area (Å²) in [6.45, 7) is 1.74. The summed E-state index contributed by atoms with van der Waals surface area (Å²) in [6.07, 6.45) is 4.32. The van der Waals surface area contributed by atoms with Crippen LogP contribution in [0.3, 0.4) is 0 Å². The van der Waals surface area contributed by atoms with Crippen molar-refractivity contribution in [3.63, 3.8) is 0 Å². The van der Waals surface area contributed by atoms with Crippen LogP contribution >= 0.6 is 0 Å². The Morgan fingerprint density at radius 2 is 2.16 bits per heavy atom. The van der Waals surface area contributed by atoms with E-state index in [1.54, 1.807) is 13.0 Å². The Kier molecular flexibility index (Phi) is 4.00. The molecule has 0 spiro atoms. The van der Waals surface area contributed by atoms with E-state index in [0.29, 0.717) is 5.69 Å². The number of rotatable bonds is 3. The second kappa shape index (κ2) is 5.70. The van der Waals surface area contributed by atoms with Crippen molar-refractivity contribution >= 4 is 5.91 Å². The molecule has 1 aromatic heterocycles. The Bertz CT molecular complexity index is 577. The highest BCUT2D eigenvalue weighted by Crippen LogP contribution is 2.17. The summed E-state index contributed by atoms with van der Waals surface area (Å²) >= 11 is 0. The van der Waals surface area contributed by atoms with E-state index in [2.05, 4.69) is 5.32 Å². The monoisotopic (exact) mass is 259 g/mol.